The molecular weight excluding hydrogens is 344 g/mol. The van der Waals surface area contributed by atoms with E-state index in [2.05, 4.69) is 10.6 Å². The molecule has 0 saturated carbocycles. The molecule has 128 valence electrons. The van der Waals surface area contributed by atoms with Crippen LogP contribution in [-0.2, 0) is 22.7 Å². The number of thiophene rings is 1. The minimum Gasteiger partial charge on any atom is -0.467 e. The van der Waals surface area contributed by atoms with Gasteiger partial charge in [0.1, 0.15) is 5.76 Å². The Morgan fingerprint density at radius 2 is 1.60 bits per heavy atom. The number of rotatable bonds is 6. The lowest BCUT2D eigenvalue weighted by Gasteiger charge is -2.04. The van der Waals surface area contributed by atoms with Crippen LogP contribution < -0.4 is 10.6 Å². The van der Waals surface area contributed by atoms with E-state index < -0.39 is 11.8 Å². The molecule has 7 nitrogen and oxygen atoms in total. The number of carbonyl (C=O) groups excluding carboxylic acids is 3. The molecule has 0 unspecified atom stereocenters. The molecule has 3 heterocycles. The third-order valence-electron chi connectivity index (χ3n) is 3.26. The summed E-state index contributed by atoms with van der Waals surface area (Å²) in [5, 5.41) is 4.97. The molecule has 0 spiro atoms. The number of nitrogens with one attached hydrogen (secondary N) is 2. The lowest BCUT2D eigenvalue weighted by molar-refractivity contribution is -0.139. The van der Waals surface area contributed by atoms with Gasteiger partial charge in [-0.3, -0.25) is 14.4 Å². The van der Waals surface area contributed by atoms with Crippen LogP contribution in [0.25, 0.3) is 0 Å². The number of furan rings is 2. The highest BCUT2D eigenvalue weighted by Gasteiger charge is 2.16. The van der Waals surface area contributed by atoms with Gasteiger partial charge in [-0.1, -0.05) is 0 Å². The zero-order valence-electron chi connectivity index (χ0n) is 13.0. The van der Waals surface area contributed by atoms with Crippen LogP contribution in [0.4, 0.5) is 0 Å². The monoisotopic (exact) mass is 358 g/mol. The smallest absolute Gasteiger partial charge is 0.309 e. The maximum Gasteiger partial charge on any atom is 0.309 e. The lowest BCUT2D eigenvalue weighted by atomic mass is 10.2. The van der Waals surface area contributed by atoms with Crippen LogP contribution in [0, 0.1) is 0 Å². The van der Waals surface area contributed by atoms with Crippen molar-refractivity contribution in [3.63, 3.8) is 0 Å². The molecular formula is C17H14N2O5S. The fraction of sp³-hybridized carbons (Fsp3) is 0.118. The van der Waals surface area contributed by atoms with Crippen LogP contribution in [0.15, 0.2) is 57.8 Å². The van der Waals surface area contributed by atoms with Crippen molar-refractivity contribution in [2.24, 2.45) is 0 Å². The highest BCUT2D eigenvalue weighted by Crippen LogP contribution is 2.20. The maximum absolute atomic E-state index is 12.1. The van der Waals surface area contributed by atoms with E-state index in [0.29, 0.717) is 10.6 Å². The van der Waals surface area contributed by atoms with Crippen molar-refractivity contribution in [2.45, 2.75) is 13.1 Å². The van der Waals surface area contributed by atoms with Gasteiger partial charge in [-0.15, -0.1) is 11.3 Å². The van der Waals surface area contributed by atoms with E-state index in [4.69, 9.17) is 8.83 Å². The number of hydrogen-bond acceptors (Lipinski definition) is 6. The van der Waals surface area contributed by atoms with Crippen LogP contribution >= 0.6 is 11.3 Å². The summed E-state index contributed by atoms with van der Waals surface area (Å²) < 4.78 is 10.1. The highest BCUT2D eigenvalue weighted by atomic mass is 32.1. The number of amides is 2. The van der Waals surface area contributed by atoms with Gasteiger partial charge in [0, 0.05) is 4.88 Å². The Kier molecular flexibility index (Phi) is 5.10. The molecule has 0 atom stereocenters. The molecule has 0 fully saturated rings. The fourth-order valence-corrected chi connectivity index (χ4v) is 2.92. The minimum atomic E-state index is -0.751. The van der Waals surface area contributed by atoms with Gasteiger partial charge in [0.25, 0.3) is 0 Å². The topological polar surface area (TPSA) is 102 Å². The van der Waals surface area contributed by atoms with Crippen molar-refractivity contribution in [2.75, 3.05) is 0 Å². The Bertz CT molecular complexity index is 865. The Morgan fingerprint density at radius 1 is 0.880 bits per heavy atom. The highest BCUT2D eigenvalue weighted by molar-refractivity contribution is 7.14. The molecule has 3 aromatic rings. The largest absolute Gasteiger partial charge is 0.467 e. The Morgan fingerprint density at radius 3 is 2.28 bits per heavy atom. The summed E-state index contributed by atoms with van der Waals surface area (Å²) in [7, 11) is 0. The first-order valence-corrected chi connectivity index (χ1v) is 8.20. The van der Waals surface area contributed by atoms with Crippen molar-refractivity contribution in [3.8, 4) is 0 Å². The Labute approximate surface area is 146 Å². The Hall–Kier alpha value is -3.13. The zero-order valence-corrected chi connectivity index (χ0v) is 13.8. The lowest BCUT2D eigenvalue weighted by Crippen LogP contribution is -2.39. The molecule has 0 aromatic carbocycles. The average molecular weight is 358 g/mol. The van der Waals surface area contributed by atoms with E-state index in [1.807, 2.05) is 0 Å². The van der Waals surface area contributed by atoms with Gasteiger partial charge in [0.15, 0.2) is 5.76 Å². The van der Waals surface area contributed by atoms with Gasteiger partial charge >= 0.3 is 11.8 Å². The van der Waals surface area contributed by atoms with Crippen molar-refractivity contribution >= 4 is 28.9 Å². The summed E-state index contributed by atoms with van der Waals surface area (Å²) in [4.78, 5) is 36.8. The third-order valence-corrected chi connectivity index (χ3v) is 4.35. The van der Waals surface area contributed by atoms with Crippen molar-refractivity contribution < 1.29 is 23.2 Å². The van der Waals surface area contributed by atoms with Crippen LogP contribution in [0.2, 0.25) is 0 Å². The summed E-state index contributed by atoms with van der Waals surface area (Å²) in [5.41, 5.74) is 0. The Balaban J connectivity index is 1.49. The molecule has 3 rings (SSSR count). The molecule has 0 aliphatic carbocycles. The van der Waals surface area contributed by atoms with E-state index in [-0.39, 0.29) is 24.6 Å². The van der Waals surface area contributed by atoms with Crippen molar-refractivity contribution in [3.05, 3.63) is 70.2 Å². The van der Waals surface area contributed by atoms with E-state index in [9.17, 15) is 14.4 Å². The standard InChI is InChI=1S/C17H14N2O5S/c20-15(13-4-2-8-24-13)14-6-5-12(25-14)10-19-17(22)16(21)18-9-11-3-1-7-23-11/h1-8H,9-10H2,(H,18,21)(H,19,22). The van der Waals surface area contributed by atoms with E-state index in [1.54, 1.807) is 36.4 Å². The molecule has 0 aliphatic heterocycles. The van der Waals surface area contributed by atoms with Gasteiger partial charge < -0.3 is 19.5 Å². The predicted octanol–water partition coefficient (Wildman–Crippen LogP) is 2.10. The van der Waals surface area contributed by atoms with E-state index in [0.717, 1.165) is 4.88 Å². The van der Waals surface area contributed by atoms with Gasteiger partial charge in [0.2, 0.25) is 5.78 Å². The number of carbonyl (C=O) groups is 3. The summed E-state index contributed by atoms with van der Waals surface area (Å²) in [6.45, 7) is 0.295. The average Bonchev–Trinajstić information content (AvgIpc) is 3.39. The molecule has 8 heteroatoms. The normalized spacial score (nSPS) is 10.4. The third kappa shape index (κ3) is 4.24. The van der Waals surface area contributed by atoms with Crippen molar-refractivity contribution in [1.82, 2.24) is 10.6 Å². The molecule has 3 aromatic heterocycles. The minimum absolute atomic E-state index is 0.139. The molecule has 2 amide bonds. The van der Waals surface area contributed by atoms with Gasteiger partial charge in [-0.25, -0.2) is 0 Å². The number of hydrogen-bond donors (Lipinski definition) is 2. The molecule has 25 heavy (non-hydrogen) atoms. The van der Waals surface area contributed by atoms with Gasteiger partial charge in [-0.2, -0.15) is 0 Å². The van der Waals surface area contributed by atoms with Crippen LogP contribution in [-0.4, -0.2) is 17.6 Å². The fourth-order valence-electron chi connectivity index (χ4n) is 2.03. The second-order valence-corrected chi connectivity index (χ2v) is 6.19. The summed E-state index contributed by atoms with van der Waals surface area (Å²) >= 11 is 1.23. The van der Waals surface area contributed by atoms with Crippen LogP contribution in [0.1, 0.15) is 26.1 Å². The second kappa shape index (κ2) is 7.63. The van der Waals surface area contributed by atoms with E-state index in [1.165, 1.54) is 23.9 Å². The SMILES string of the molecule is O=C(NCc1ccco1)C(=O)NCc1ccc(C(=O)c2ccco2)s1. The summed E-state index contributed by atoms with van der Waals surface area (Å²) in [5.74, 6) is -0.905. The van der Waals surface area contributed by atoms with Crippen LogP contribution in [0.5, 0.6) is 0 Å². The van der Waals surface area contributed by atoms with Gasteiger partial charge in [0.05, 0.1) is 30.5 Å². The number of ketones is 1. The molecule has 0 aliphatic rings. The summed E-state index contributed by atoms with van der Waals surface area (Å²) in [6, 6.07) is 10.0. The second-order valence-electron chi connectivity index (χ2n) is 5.02. The van der Waals surface area contributed by atoms with Crippen molar-refractivity contribution in [1.29, 1.82) is 0 Å². The van der Waals surface area contributed by atoms with Crippen LogP contribution in [0.3, 0.4) is 0 Å². The molecule has 0 radical (unpaired) electrons. The molecule has 0 saturated heterocycles. The quantitative estimate of drug-likeness (QED) is 0.519. The zero-order chi connectivity index (χ0) is 17.6. The first-order valence-electron chi connectivity index (χ1n) is 7.39. The summed E-state index contributed by atoms with van der Waals surface area (Å²) in [6.07, 6.45) is 2.92. The molecule has 0 bridgehead atoms. The van der Waals surface area contributed by atoms with E-state index >= 15 is 0 Å². The van der Waals surface area contributed by atoms with Gasteiger partial charge in [-0.05, 0) is 36.4 Å². The maximum atomic E-state index is 12.1. The predicted molar refractivity (Wildman–Crippen MR) is 88.9 cm³/mol. The molecule has 2 N–H and O–H groups in total. The first kappa shape index (κ1) is 16.7. The first-order chi connectivity index (χ1) is 12.1.